The fraction of sp³-hybridized carbons (Fsp3) is 0.447. The number of Topliss-reactive ketones (excluding diaryl/α,β-unsaturated/α-hetero) is 2. The van der Waals surface area contributed by atoms with Crippen LogP contribution in [0.2, 0.25) is 0 Å². The number of aromatic nitrogens is 1. The maximum Gasteiger partial charge on any atom is 0.166 e. The number of hydrogen-bond donors (Lipinski definition) is 0. The minimum atomic E-state index is 0.150. The van der Waals surface area contributed by atoms with Gasteiger partial charge >= 0.3 is 0 Å². The molecule has 7 aromatic rings. The molecule has 0 N–H and O–H groups in total. The van der Waals surface area contributed by atoms with Crippen LogP contribution in [0.3, 0.4) is 0 Å². The summed E-state index contributed by atoms with van der Waals surface area (Å²) in [5, 5.41) is 7.40. The lowest BCUT2D eigenvalue weighted by molar-refractivity contribution is 0.0891. The molecular formula is C47H41NO3. The third-order valence-corrected chi connectivity index (χ3v) is 16.2. The minimum absolute atomic E-state index is 0.150. The fourth-order valence-corrected chi connectivity index (χ4v) is 14.0. The predicted molar refractivity (Wildman–Crippen MR) is 202 cm³/mol. The van der Waals surface area contributed by atoms with E-state index in [4.69, 9.17) is 4.42 Å². The Bertz CT molecular complexity index is 2760. The lowest BCUT2D eigenvalue weighted by Gasteiger charge is -2.38. The lowest BCUT2D eigenvalue weighted by atomic mass is 9.67. The van der Waals surface area contributed by atoms with Crippen molar-refractivity contribution in [1.29, 1.82) is 0 Å². The zero-order valence-electron chi connectivity index (χ0n) is 29.0. The molecule has 0 spiro atoms. The van der Waals surface area contributed by atoms with Crippen LogP contribution < -0.4 is 0 Å². The number of nitrogens with zero attached hydrogens (tertiary/aromatic N) is 1. The first-order valence-electron chi connectivity index (χ1n) is 20.4. The summed E-state index contributed by atoms with van der Waals surface area (Å²) in [6, 6.07) is 16.8. The molecule has 51 heavy (non-hydrogen) atoms. The predicted octanol–water partition coefficient (Wildman–Crippen LogP) is 12.1. The highest BCUT2D eigenvalue weighted by Crippen LogP contribution is 2.58. The van der Waals surface area contributed by atoms with Gasteiger partial charge in [0.2, 0.25) is 0 Å². The second-order valence-corrected chi connectivity index (χ2v) is 18.5. The van der Waals surface area contributed by atoms with Crippen molar-refractivity contribution >= 4 is 71.6 Å². The first-order valence-corrected chi connectivity index (χ1v) is 20.4. The van der Waals surface area contributed by atoms with E-state index in [0.717, 1.165) is 96.5 Å². The van der Waals surface area contributed by atoms with Gasteiger partial charge in [0.25, 0.3) is 0 Å². The van der Waals surface area contributed by atoms with Crippen LogP contribution in [0, 0.1) is 23.7 Å². The summed E-state index contributed by atoms with van der Waals surface area (Å²) in [6.07, 6.45) is 15.3. The van der Waals surface area contributed by atoms with Crippen molar-refractivity contribution < 1.29 is 14.0 Å². The summed E-state index contributed by atoms with van der Waals surface area (Å²) in [4.78, 5) is 28.1. The van der Waals surface area contributed by atoms with Crippen LogP contribution in [-0.2, 0) is 0 Å². The summed E-state index contributed by atoms with van der Waals surface area (Å²) in [7, 11) is 0. The van der Waals surface area contributed by atoms with E-state index in [1.165, 1.54) is 81.1 Å². The summed E-state index contributed by atoms with van der Waals surface area (Å²) in [6.45, 7) is 0. The zero-order chi connectivity index (χ0) is 33.0. The van der Waals surface area contributed by atoms with E-state index in [1.807, 2.05) is 0 Å². The molecule has 4 aromatic carbocycles. The Hall–Kier alpha value is -4.18. The summed E-state index contributed by atoms with van der Waals surface area (Å²) >= 11 is 0. The molecule has 0 saturated heterocycles. The van der Waals surface area contributed by atoms with Gasteiger partial charge in [-0.2, -0.15) is 0 Å². The molecule has 3 heterocycles. The van der Waals surface area contributed by atoms with Gasteiger partial charge < -0.3 is 8.82 Å². The first-order chi connectivity index (χ1) is 25.0. The number of fused-ring (bicyclic) bond motifs is 14. The van der Waals surface area contributed by atoms with Crippen molar-refractivity contribution in [3.8, 4) is 0 Å². The van der Waals surface area contributed by atoms with Crippen LogP contribution in [0.15, 0.2) is 46.9 Å². The maximum absolute atomic E-state index is 14.1. The molecule has 0 aliphatic heterocycles. The Morgan fingerprint density at radius 2 is 1.00 bits per heavy atom. The third kappa shape index (κ3) is 3.28. The Morgan fingerprint density at radius 1 is 0.471 bits per heavy atom. The highest BCUT2D eigenvalue weighted by atomic mass is 16.3. The van der Waals surface area contributed by atoms with E-state index in [9.17, 15) is 9.59 Å². The molecule has 0 radical (unpaired) electrons. The van der Waals surface area contributed by atoms with Gasteiger partial charge in [-0.05, 0) is 184 Å². The molecule has 3 aromatic heterocycles. The molecule has 4 saturated carbocycles. The van der Waals surface area contributed by atoms with Crippen molar-refractivity contribution in [1.82, 2.24) is 4.40 Å². The molecule has 0 amide bonds. The van der Waals surface area contributed by atoms with Gasteiger partial charge in [0.05, 0.1) is 21.9 Å². The summed E-state index contributed by atoms with van der Waals surface area (Å²) < 4.78 is 9.58. The molecule has 2 atom stereocenters. The maximum atomic E-state index is 14.1. The Balaban J connectivity index is 1.14. The molecule has 4 nitrogen and oxygen atoms in total. The van der Waals surface area contributed by atoms with Crippen LogP contribution in [0.5, 0.6) is 0 Å². The van der Waals surface area contributed by atoms with Gasteiger partial charge in [0.1, 0.15) is 11.2 Å². The van der Waals surface area contributed by atoms with Crippen LogP contribution in [0.25, 0.3) is 60.0 Å². The average Bonchev–Trinajstić information content (AvgIpc) is 3.62. The number of ketones is 2. The van der Waals surface area contributed by atoms with E-state index < -0.39 is 0 Å². The third-order valence-electron chi connectivity index (χ3n) is 16.2. The van der Waals surface area contributed by atoms with Crippen LogP contribution in [-0.4, -0.2) is 16.0 Å². The number of hydrogen-bond acceptors (Lipinski definition) is 3. The zero-order valence-corrected chi connectivity index (χ0v) is 29.0. The molecule has 10 aliphatic rings. The van der Waals surface area contributed by atoms with Gasteiger partial charge in [-0.25, -0.2) is 0 Å². The highest BCUT2D eigenvalue weighted by molar-refractivity contribution is 6.33. The monoisotopic (exact) mass is 667 g/mol. The molecule has 252 valence electrons. The molecular weight excluding hydrogens is 627 g/mol. The second-order valence-electron chi connectivity index (χ2n) is 18.5. The quantitative estimate of drug-likeness (QED) is 0.162. The Morgan fingerprint density at radius 3 is 1.63 bits per heavy atom. The van der Waals surface area contributed by atoms with Crippen LogP contribution >= 0.6 is 0 Å². The lowest BCUT2D eigenvalue weighted by Crippen LogP contribution is -2.25. The number of carbonyl (C=O) groups is 2. The van der Waals surface area contributed by atoms with Crippen molar-refractivity contribution in [3.05, 3.63) is 75.8 Å². The Kier molecular flexibility index (Phi) is 4.88. The number of carbonyl (C=O) groups excluding carboxylic acids is 2. The summed E-state index contributed by atoms with van der Waals surface area (Å²) in [5.74, 6) is 5.04. The van der Waals surface area contributed by atoms with Gasteiger partial charge in [0.15, 0.2) is 11.6 Å². The van der Waals surface area contributed by atoms with Crippen molar-refractivity contribution in [3.63, 3.8) is 0 Å². The molecule has 2 unspecified atom stereocenters. The van der Waals surface area contributed by atoms with Gasteiger partial charge in [-0.15, -0.1) is 0 Å². The highest BCUT2D eigenvalue weighted by Gasteiger charge is 2.43. The van der Waals surface area contributed by atoms with Crippen LogP contribution in [0.4, 0.5) is 0 Å². The molecule has 8 bridgehead atoms. The average molecular weight is 668 g/mol. The van der Waals surface area contributed by atoms with Gasteiger partial charge in [-0.1, -0.05) is 0 Å². The molecule has 10 aliphatic carbocycles. The van der Waals surface area contributed by atoms with E-state index in [1.54, 1.807) is 11.1 Å². The molecule has 4 heteroatoms. The summed E-state index contributed by atoms with van der Waals surface area (Å²) in [5.41, 5.74) is 13.1. The molecule has 17 rings (SSSR count). The second kappa shape index (κ2) is 9.06. The topological polar surface area (TPSA) is 51.7 Å². The number of rotatable bonds is 0. The smallest absolute Gasteiger partial charge is 0.166 e. The Labute approximate surface area is 295 Å². The minimum Gasteiger partial charge on any atom is -0.455 e. The number of furan rings is 1. The van der Waals surface area contributed by atoms with Crippen molar-refractivity contribution in [2.45, 2.75) is 107 Å². The number of benzene rings is 4. The standard InChI is InChI=1S/C47H41NO3/c49-45-25-5-1-23(2-6-25)29-14-33-35-17-38-34-15-31-27-10-21-9-22(11-27)13-28(12-21)32(31)20-42(34)51-47(38)43-39-16-30-24-3-7-26(8-4-24)46(50)37(30)19-41(39)48(44(35)43)40(33)18-36(29)45/h14-28H,1-13H2. The van der Waals surface area contributed by atoms with Crippen molar-refractivity contribution in [2.24, 2.45) is 23.7 Å². The van der Waals surface area contributed by atoms with E-state index >= 15 is 0 Å². The van der Waals surface area contributed by atoms with Crippen molar-refractivity contribution in [2.75, 3.05) is 0 Å². The normalized spacial score (nSPS) is 32.2. The van der Waals surface area contributed by atoms with E-state index in [0.29, 0.717) is 35.2 Å². The largest absolute Gasteiger partial charge is 0.455 e. The van der Waals surface area contributed by atoms with Gasteiger partial charge in [0, 0.05) is 49.9 Å². The van der Waals surface area contributed by atoms with E-state index in [2.05, 4.69) is 46.9 Å². The van der Waals surface area contributed by atoms with E-state index in [-0.39, 0.29) is 11.8 Å². The SMILES string of the molecule is O=C1c2cc3c(cc2C2CCC1CC2)c1cc2c4cc5c(cc4oc2c2c4cc6c(cc4n3c12)C(=O)C1CCC6CC1)C1CC2CC(C1)CC5C2. The molecule has 4 fully saturated rings. The first kappa shape index (κ1) is 27.5. The fourth-order valence-electron chi connectivity index (χ4n) is 14.0. The van der Waals surface area contributed by atoms with Gasteiger partial charge in [-0.3, -0.25) is 9.59 Å². The van der Waals surface area contributed by atoms with Crippen LogP contribution in [0.1, 0.15) is 150 Å².